The Hall–Kier alpha value is -4.32. The predicted octanol–water partition coefficient (Wildman–Crippen LogP) is 4.97. The number of imide groups is 2. The van der Waals surface area contributed by atoms with E-state index in [1.165, 1.54) is 9.80 Å². The summed E-state index contributed by atoms with van der Waals surface area (Å²) in [6.45, 7) is 4.21. The molecule has 34 heavy (non-hydrogen) atoms. The molecule has 0 spiro atoms. The van der Waals surface area contributed by atoms with Crippen LogP contribution in [0.25, 0.3) is 43.1 Å². The normalized spacial score (nSPS) is 15.7. The molecule has 0 N–H and O–H groups in total. The largest absolute Gasteiger partial charge is 0.275 e. The topological polar surface area (TPSA) is 74.8 Å². The van der Waals surface area contributed by atoms with Crippen LogP contribution in [0.3, 0.4) is 0 Å². The molecule has 6 nitrogen and oxygen atoms in total. The molecule has 2 aliphatic rings. The summed E-state index contributed by atoms with van der Waals surface area (Å²) in [5.74, 6) is -1.13. The third-order valence-electron chi connectivity index (χ3n) is 7.44. The van der Waals surface area contributed by atoms with E-state index in [1.54, 1.807) is 38.1 Å². The van der Waals surface area contributed by atoms with Crippen molar-refractivity contribution in [2.75, 3.05) is 13.1 Å². The Labute approximate surface area is 193 Å². The Bertz CT molecular complexity index is 1560. The number of fused-ring (bicyclic) bond motifs is 2. The number of hydrogen-bond donors (Lipinski definition) is 0. The Balaban J connectivity index is 1.70. The van der Waals surface area contributed by atoms with Crippen molar-refractivity contribution in [2.45, 2.75) is 13.8 Å². The monoisotopic (exact) mass is 446 g/mol. The van der Waals surface area contributed by atoms with E-state index in [9.17, 15) is 19.2 Å². The molecule has 7 rings (SSSR count). The second-order valence-corrected chi connectivity index (χ2v) is 8.85. The fourth-order valence-electron chi connectivity index (χ4n) is 5.94. The molecule has 6 heteroatoms. The lowest BCUT2D eigenvalue weighted by molar-refractivity contribution is 0.0603. The second kappa shape index (κ2) is 6.17. The van der Waals surface area contributed by atoms with Crippen LogP contribution in [0, 0.1) is 0 Å². The van der Waals surface area contributed by atoms with Crippen molar-refractivity contribution in [3.05, 3.63) is 70.8 Å². The molecule has 0 saturated carbocycles. The molecular formula is C28H18N2O4. The lowest BCUT2D eigenvalue weighted by atomic mass is 9.82. The molecule has 0 atom stereocenters. The maximum absolute atomic E-state index is 13.1. The summed E-state index contributed by atoms with van der Waals surface area (Å²) < 4.78 is 0. The van der Waals surface area contributed by atoms with Crippen molar-refractivity contribution in [1.82, 2.24) is 9.80 Å². The molecule has 0 unspecified atom stereocenters. The fourth-order valence-corrected chi connectivity index (χ4v) is 5.94. The van der Waals surface area contributed by atoms with Gasteiger partial charge in [0, 0.05) is 46.1 Å². The van der Waals surface area contributed by atoms with Gasteiger partial charge in [0.05, 0.1) is 0 Å². The molecule has 0 fully saturated rings. The summed E-state index contributed by atoms with van der Waals surface area (Å²) in [7, 11) is 0. The van der Waals surface area contributed by atoms with E-state index in [0.717, 1.165) is 32.3 Å². The highest BCUT2D eigenvalue weighted by molar-refractivity contribution is 6.41. The van der Waals surface area contributed by atoms with Gasteiger partial charge >= 0.3 is 0 Å². The first-order chi connectivity index (χ1) is 16.5. The Kier molecular flexibility index (Phi) is 3.48. The maximum atomic E-state index is 13.1. The molecule has 2 aliphatic heterocycles. The van der Waals surface area contributed by atoms with Gasteiger partial charge < -0.3 is 0 Å². The van der Waals surface area contributed by atoms with Gasteiger partial charge in [-0.25, -0.2) is 0 Å². The SMILES string of the molecule is CCN1C(=O)c2ccc3c4ccc5c6c(ccc(c7ccc(c2c37)C1=O)c64)C(=O)N(CC)C5=O. The highest BCUT2D eigenvalue weighted by atomic mass is 16.2. The van der Waals surface area contributed by atoms with E-state index in [2.05, 4.69) is 0 Å². The quantitative estimate of drug-likeness (QED) is 0.218. The first-order valence-electron chi connectivity index (χ1n) is 11.4. The molecule has 164 valence electrons. The van der Waals surface area contributed by atoms with Crippen LogP contribution in [-0.4, -0.2) is 46.5 Å². The fraction of sp³-hybridized carbons (Fsp3) is 0.143. The Morgan fingerprint density at radius 1 is 0.441 bits per heavy atom. The average molecular weight is 446 g/mol. The second-order valence-electron chi connectivity index (χ2n) is 8.85. The summed E-state index contributed by atoms with van der Waals surface area (Å²) in [6.07, 6.45) is 0. The molecule has 0 saturated heterocycles. The minimum Gasteiger partial charge on any atom is -0.275 e. The van der Waals surface area contributed by atoms with Gasteiger partial charge in [0.15, 0.2) is 0 Å². The van der Waals surface area contributed by atoms with Crippen molar-refractivity contribution in [1.29, 1.82) is 0 Å². The first kappa shape index (κ1) is 19.2. The van der Waals surface area contributed by atoms with Gasteiger partial charge in [-0.05, 0) is 70.4 Å². The van der Waals surface area contributed by atoms with Gasteiger partial charge in [0.2, 0.25) is 0 Å². The zero-order chi connectivity index (χ0) is 23.5. The molecule has 5 aromatic carbocycles. The van der Waals surface area contributed by atoms with E-state index in [-0.39, 0.29) is 23.6 Å². The highest BCUT2D eigenvalue weighted by Gasteiger charge is 2.35. The molecule has 2 heterocycles. The number of rotatable bonds is 2. The highest BCUT2D eigenvalue weighted by Crippen LogP contribution is 2.46. The number of hydrogen-bond acceptors (Lipinski definition) is 4. The molecular weight excluding hydrogens is 428 g/mol. The van der Waals surface area contributed by atoms with Gasteiger partial charge in [0.25, 0.3) is 23.6 Å². The summed E-state index contributed by atoms with van der Waals surface area (Å²) in [4.78, 5) is 55.0. The number of carbonyl (C=O) groups excluding carboxylic acids is 4. The molecule has 0 bridgehead atoms. The minimum absolute atomic E-state index is 0.282. The van der Waals surface area contributed by atoms with E-state index in [0.29, 0.717) is 46.1 Å². The average Bonchev–Trinajstić information content (AvgIpc) is 2.85. The molecule has 5 aromatic rings. The Morgan fingerprint density at radius 3 is 0.941 bits per heavy atom. The van der Waals surface area contributed by atoms with Crippen LogP contribution in [0.1, 0.15) is 55.3 Å². The minimum atomic E-state index is -0.282. The van der Waals surface area contributed by atoms with Crippen molar-refractivity contribution in [3.63, 3.8) is 0 Å². The first-order valence-corrected chi connectivity index (χ1v) is 11.4. The van der Waals surface area contributed by atoms with Crippen LogP contribution in [0.5, 0.6) is 0 Å². The smallest absolute Gasteiger partial charge is 0.261 e. The van der Waals surface area contributed by atoms with Crippen LogP contribution in [-0.2, 0) is 0 Å². The zero-order valence-electron chi connectivity index (χ0n) is 18.6. The standard InChI is InChI=1S/C28H18N2O4/c1-3-29-25(31)17-9-5-13-15-7-11-19-24-20(28(34)30(4-2)27(19)33)12-8-16(22(15)24)14-6-10-18(26(29)32)23(17)21(13)14/h5-12H,3-4H2,1-2H3. The van der Waals surface area contributed by atoms with Gasteiger partial charge in [-0.2, -0.15) is 0 Å². The van der Waals surface area contributed by atoms with Crippen LogP contribution in [0.2, 0.25) is 0 Å². The van der Waals surface area contributed by atoms with E-state index < -0.39 is 0 Å². The summed E-state index contributed by atoms with van der Waals surface area (Å²) in [6, 6.07) is 14.8. The third-order valence-corrected chi connectivity index (χ3v) is 7.44. The van der Waals surface area contributed by atoms with E-state index in [1.807, 2.05) is 24.3 Å². The molecule has 0 aromatic heterocycles. The lowest BCUT2D eigenvalue weighted by Gasteiger charge is -2.29. The van der Waals surface area contributed by atoms with Crippen molar-refractivity contribution in [2.24, 2.45) is 0 Å². The van der Waals surface area contributed by atoms with E-state index >= 15 is 0 Å². The number of benzene rings is 5. The number of carbonyl (C=O) groups is 4. The van der Waals surface area contributed by atoms with Gasteiger partial charge in [-0.15, -0.1) is 0 Å². The van der Waals surface area contributed by atoms with Crippen LogP contribution in [0.15, 0.2) is 48.5 Å². The van der Waals surface area contributed by atoms with Crippen LogP contribution < -0.4 is 0 Å². The van der Waals surface area contributed by atoms with Crippen molar-refractivity contribution in [3.8, 4) is 0 Å². The van der Waals surface area contributed by atoms with Crippen LogP contribution >= 0.6 is 0 Å². The van der Waals surface area contributed by atoms with Crippen molar-refractivity contribution >= 4 is 66.7 Å². The predicted molar refractivity (Wildman–Crippen MR) is 130 cm³/mol. The molecule has 4 amide bonds. The zero-order valence-corrected chi connectivity index (χ0v) is 18.6. The van der Waals surface area contributed by atoms with Crippen molar-refractivity contribution < 1.29 is 19.2 Å². The Morgan fingerprint density at radius 2 is 0.706 bits per heavy atom. The number of nitrogens with zero attached hydrogens (tertiary/aromatic N) is 2. The summed E-state index contributed by atoms with van der Waals surface area (Å²) in [5, 5.41) is 6.69. The summed E-state index contributed by atoms with van der Waals surface area (Å²) >= 11 is 0. The maximum Gasteiger partial charge on any atom is 0.261 e. The van der Waals surface area contributed by atoms with E-state index in [4.69, 9.17) is 0 Å². The van der Waals surface area contributed by atoms with Gasteiger partial charge in [-0.3, -0.25) is 29.0 Å². The summed E-state index contributed by atoms with van der Waals surface area (Å²) in [5.41, 5.74) is 2.09. The van der Waals surface area contributed by atoms with Gasteiger partial charge in [-0.1, -0.05) is 24.3 Å². The van der Waals surface area contributed by atoms with Crippen LogP contribution in [0.4, 0.5) is 0 Å². The van der Waals surface area contributed by atoms with Gasteiger partial charge in [0.1, 0.15) is 0 Å². The number of amides is 4. The molecule has 0 radical (unpaired) electrons. The molecule has 0 aliphatic carbocycles. The third kappa shape index (κ3) is 1.98. The lowest BCUT2D eigenvalue weighted by Crippen LogP contribution is -2.40.